The van der Waals surface area contributed by atoms with Gasteiger partial charge >= 0.3 is 0 Å². The monoisotopic (exact) mass is 453 g/mol. The first-order valence-corrected chi connectivity index (χ1v) is 11.0. The van der Waals surface area contributed by atoms with E-state index < -0.39 is 0 Å². The Balaban J connectivity index is 1.84. The highest BCUT2D eigenvalue weighted by Gasteiger charge is 2.29. The van der Waals surface area contributed by atoms with Crippen LogP contribution in [-0.4, -0.2) is 52.4 Å². The number of aromatic nitrogens is 2. The van der Waals surface area contributed by atoms with Gasteiger partial charge in [-0.15, -0.1) is 0 Å². The van der Waals surface area contributed by atoms with Gasteiger partial charge in [0.15, 0.2) is 5.16 Å². The summed E-state index contributed by atoms with van der Waals surface area (Å²) < 4.78 is 7.91. The van der Waals surface area contributed by atoms with Gasteiger partial charge in [-0.05, 0) is 44.4 Å². The Morgan fingerprint density at radius 1 is 1.44 bits per heavy atom. The number of fused-ring (bicyclic) bond motifs is 1. The number of carbonyl (C=O) groups excluding carboxylic acids is 1. The van der Waals surface area contributed by atoms with Crippen molar-refractivity contribution in [1.29, 1.82) is 0 Å². The average Bonchev–Trinajstić information content (AvgIpc) is 3.50. The molecule has 0 spiro atoms. The Labute approximate surface area is 171 Å². The SMILES string of the molecule is CCOCCCn1c(SCC(=O)N(C)C2CC2)nc2ccc(Br)cc2c1=O. The van der Waals surface area contributed by atoms with Gasteiger partial charge < -0.3 is 9.64 Å². The van der Waals surface area contributed by atoms with Gasteiger partial charge in [0.05, 0.1) is 16.7 Å². The van der Waals surface area contributed by atoms with Crippen LogP contribution in [0.1, 0.15) is 26.2 Å². The third kappa shape index (κ3) is 5.12. The maximum absolute atomic E-state index is 13.0. The number of benzene rings is 1. The number of ether oxygens (including phenoxy) is 1. The molecule has 0 saturated heterocycles. The molecule has 1 amide bonds. The zero-order valence-electron chi connectivity index (χ0n) is 15.6. The minimum Gasteiger partial charge on any atom is -0.382 e. The van der Waals surface area contributed by atoms with E-state index in [1.165, 1.54) is 11.8 Å². The first-order chi connectivity index (χ1) is 13.0. The predicted octanol–water partition coefficient (Wildman–Crippen LogP) is 3.30. The second-order valence-corrected chi connectivity index (χ2v) is 8.45. The molecule has 0 atom stereocenters. The molecule has 3 rings (SSSR count). The number of carbonyl (C=O) groups is 1. The Bertz CT molecular complexity index is 882. The van der Waals surface area contributed by atoms with E-state index in [4.69, 9.17) is 4.74 Å². The molecule has 1 aliphatic rings. The Morgan fingerprint density at radius 3 is 2.93 bits per heavy atom. The largest absolute Gasteiger partial charge is 0.382 e. The summed E-state index contributed by atoms with van der Waals surface area (Å²) in [6.45, 7) is 3.71. The zero-order chi connectivity index (χ0) is 19.4. The topological polar surface area (TPSA) is 64.4 Å². The highest BCUT2D eigenvalue weighted by Crippen LogP contribution is 2.27. The molecule has 146 valence electrons. The van der Waals surface area contributed by atoms with E-state index >= 15 is 0 Å². The molecular weight excluding hydrogens is 430 g/mol. The second kappa shape index (κ2) is 9.21. The molecule has 1 aromatic carbocycles. The molecule has 1 saturated carbocycles. The van der Waals surface area contributed by atoms with Crippen molar-refractivity contribution in [2.75, 3.05) is 26.0 Å². The molecule has 8 heteroatoms. The first-order valence-electron chi connectivity index (χ1n) is 9.17. The number of hydrogen-bond donors (Lipinski definition) is 0. The summed E-state index contributed by atoms with van der Waals surface area (Å²) >= 11 is 4.75. The van der Waals surface area contributed by atoms with Gasteiger partial charge in [0.2, 0.25) is 5.91 Å². The number of rotatable bonds is 9. The van der Waals surface area contributed by atoms with Crippen molar-refractivity contribution in [2.24, 2.45) is 0 Å². The molecule has 0 bridgehead atoms. The van der Waals surface area contributed by atoms with Gasteiger partial charge in [-0.3, -0.25) is 14.2 Å². The summed E-state index contributed by atoms with van der Waals surface area (Å²) in [5, 5.41) is 1.16. The van der Waals surface area contributed by atoms with E-state index in [1.54, 1.807) is 10.6 Å². The fraction of sp³-hybridized carbons (Fsp3) is 0.526. The Hall–Kier alpha value is -1.38. The molecule has 0 radical (unpaired) electrons. The normalized spacial score (nSPS) is 13.9. The third-order valence-corrected chi connectivity index (χ3v) is 6.02. The summed E-state index contributed by atoms with van der Waals surface area (Å²) in [5.74, 6) is 0.362. The van der Waals surface area contributed by atoms with E-state index in [0.717, 1.165) is 23.7 Å². The van der Waals surface area contributed by atoms with E-state index in [9.17, 15) is 9.59 Å². The molecule has 0 unspecified atom stereocenters. The van der Waals surface area contributed by atoms with Crippen LogP contribution in [0.2, 0.25) is 0 Å². The predicted molar refractivity (Wildman–Crippen MR) is 111 cm³/mol. The fourth-order valence-corrected chi connectivity index (χ4v) is 4.15. The van der Waals surface area contributed by atoms with Gasteiger partial charge in [-0.2, -0.15) is 0 Å². The van der Waals surface area contributed by atoms with E-state index in [-0.39, 0.29) is 17.2 Å². The minimum atomic E-state index is -0.0803. The molecular formula is C19H24BrN3O3S. The van der Waals surface area contributed by atoms with Gasteiger partial charge in [0, 0.05) is 37.3 Å². The van der Waals surface area contributed by atoms with Crippen molar-refractivity contribution in [3.63, 3.8) is 0 Å². The molecule has 1 aliphatic carbocycles. The van der Waals surface area contributed by atoms with Gasteiger partial charge in [0.1, 0.15) is 0 Å². The highest BCUT2D eigenvalue weighted by molar-refractivity contribution is 9.10. The van der Waals surface area contributed by atoms with Crippen LogP contribution >= 0.6 is 27.7 Å². The summed E-state index contributed by atoms with van der Waals surface area (Å²) in [4.78, 5) is 31.8. The van der Waals surface area contributed by atoms with Crippen molar-refractivity contribution < 1.29 is 9.53 Å². The van der Waals surface area contributed by atoms with Crippen molar-refractivity contribution in [1.82, 2.24) is 14.5 Å². The van der Waals surface area contributed by atoms with Gasteiger partial charge in [0.25, 0.3) is 5.56 Å². The van der Waals surface area contributed by atoms with Crippen molar-refractivity contribution >= 4 is 44.5 Å². The standard InChI is InChI=1S/C19H24BrN3O3S/c1-3-26-10-4-9-23-18(25)15-11-13(20)5-8-16(15)21-19(23)27-12-17(24)22(2)14-6-7-14/h5,8,11,14H,3-4,6-7,9-10,12H2,1-2H3. The lowest BCUT2D eigenvalue weighted by Crippen LogP contribution is -2.31. The van der Waals surface area contributed by atoms with Crippen LogP contribution in [0.15, 0.2) is 32.6 Å². The maximum Gasteiger partial charge on any atom is 0.262 e. The van der Waals surface area contributed by atoms with Crippen LogP contribution in [0, 0.1) is 0 Å². The molecule has 1 aromatic heterocycles. The van der Waals surface area contributed by atoms with Crippen LogP contribution in [0.4, 0.5) is 0 Å². The third-order valence-electron chi connectivity index (χ3n) is 4.57. The fourth-order valence-electron chi connectivity index (χ4n) is 2.84. The van der Waals surface area contributed by atoms with Crippen LogP contribution in [0.25, 0.3) is 10.9 Å². The molecule has 2 aromatic rings. The molecule has 1 heterocycles. The lowest BCUT2D eigenvalue weighted by Gasteiger charge is -2.17. The van der Waals surface area contributed by atoms with E-state index in [1.807, 2.05) is 31.0 Å². The Morgan fingerprint density at radius 2 is 2.22 bits per heavy atom. The van der Waals surface area contributed by atoms with Crippen LogP contribution in [-0.2, 0) is 16.1 Å². The van der Waals surface area contributed by atoms with Gasteiger partial charge in [-0.25, -0.2) is 4.98 Å². The molecule has 1 fully saturated rings. The van der Waals surface area contributed by atoms with Crippen molar-refractivity contribution in [3.05, 3.63) is 33.0 Å². The van der Waals surface area contributed by atoms with Gasteiger partial charge in [-0.1, -0.05) is 27.7 Å². The molecule has 6 nitrogen and oxygen atoms in total. The number of halogens is 1. The van der Waals surface area contributed by atoms with E-state index in [2.05, 4.69) is 20.9 Å². The molecule has 0 N–H and O–H groups in total. The minimum absolute atomic E-state index is 0.0773. The zero-order valence-corrected chi connectivity index (χ0v) is 18.0. The summed E-state index contributed by atoms with van der Waals surface area (Å²) in [6, 6.07) is 5.88. The Kier molecular flexibility index (Phi) is 6.94. The first kappa shape index (κ1) is 20.4. The smallest absolute Gasteiger partial charge is 0.262 e. The van der Waals surface area contributed by atoms with Crippen molar-refractivity contribution in [2.45, 2.75) is 43.9 Å². The maximum atomic E-state index is 13.0. The summed E-state index contributed by atoms with van der Waals surface area (Å²) in [6.07, 6.45) is 2.88. The number of nitrogens with zero attached hydrogens (tertiary/aromatic N) is 3. The van der Waals surface area contributed by atoms with Crippen molar-refractivity contribution in [3.8, 4) is 0 Å². The van der Waals surface area contributed by atoms with Crippen LogP contribution in [0.3, 0.4) is 0 Å². The number of thioether (sulfide) groups is 1. The lowest BCUT2D eigenvalue weighted by molar-refractivity contribution is -0.127. The van der Waals surface area contributed by atoms with Crippen LogP contribution in [0.5, 0.6) is 0 Å². The molecule has 0 aliphatic heterocycles. The highest BCUT2D eigenvalue weighted by atomic mass is 79.9. The number of amides is 1. The second-order valence-electron chi connectivity index (χ2n) is 6.59. The number of hydrogen-bond acceptors (Lipinski definition) is 5. The van der Waals surface area contributed by atoms with Crippen LogP contribution < -0.4 is 5.56 Å². The molecule has 27 heavy (non-hydrogen) atoms. The quantitative estimate of drug-likeness (QED) is 0.331. The summed E-state index contributed by atoms with van der Waals surface area (Å²) in [5.41, 5.74) is 0.568. The van der Waals surface area contributed by atoms with E-state index in [0.29, 0.717) is 41.9 Å². The lowest BCUT2D eigenvalue weighted by atomic mass is 10.2. The summed E-state index contributed by atoms with van der Waals surface area (Å²) in [7, 11) is 1.85. The average molecular weight is 454 g/mol.